The summed E-state index contributed by atoms with van der Waals surface area (Å²) < 4.78 is 14.0. The van der Waals surface area contributed by atoms with Crippen molar-refractivity contribution < 1.29 is 4.39 Å². The Morgan fingerprint density at radius 1 is 1.44 bits per heavy atom. The molecule has 100 valence electrons. The van der Waals surface area contributed by atoms with Crippen LogP contribution in [0.15, 0.2) is 23.7 Å². The number of nitrogens with two attached hydrogens (primary N) is 2. The molecule has 0 spiro atoms. The van der Waals surface area contributed by atoms with Crippen LogP contribution >= 0.6 is 0 Å². The molecule has 1 rings (SSSR count). The normalized spacial score (nSPS) is 26.3. The Balaban J connectivity index is 2.64. The third-order valence-corrected chi connectivity index (χ3v) is 3.38. The predicted octanol–water partition coefficient (Wildman–Crippen LogP) is 1.47. The number of halogens is 1. The Hall–Kier alpha value is -1.70. The van der Waals surface area contributed by atoms with Gasteiger partial charge in [-0.3, -0.25) is 0 Å². The minimum absolute atomic E-state index is 0.0896. The van der Waals surface area contributed by atoms with E-state index in [1.54, 1.807) is 17.0 Å². The van der Waals surface area contributed by atoms with E-state index in [-0.39, 0.29) is 11.6 Å². The number of piperidine rings is 1. The molecular formula is C13H21FN4. The molecule has 0 unspecified atom stereocenters. The molecule has 1 aliphatic rings. The predicted molar refractivity (Wildman–Crippen MR) is 69.6 cm³/mol. The van der Waals surface area contributed by atoms with Gasteiger partial charge in [-0.25, -0.2) is 4.39 Å². The van der Waals surface area contributed by atoms with Gasteiger partial charge in [-0.2, -0.15) is 5.26 Å². The lowest BCUT2D eigenvalue weighted by Crippen LogP contribution is -2.44. The highest BCUT2D eigenvalue weighted by atomic mass is 19.1. The molecule has 1 aliphatic heterocycles. The van der Waals surface area contributed by atoms with Crippen LogP contribution in [0.2, 0.25) is 0 Å². The van der Waals surface area contributed by atoms with E-state index >= 15 is 0 Å². The van der Waals surface area contributed by atoms with Crippen molar-refractivity contribution in [3.63, 3.8) is 0 Å². The monoisotopic (exact) mass is 252 g/mol. The summed E-state index contributed by atoms with van der Waals surface area (Å²) in [6.45, 7) is 5.14. The van der Waals surface area contributed by atoms with E-state index in [1.165, 1.54) is 6.08 Å². The van der Waals surface area contributed by atoms with Crippen LogP contribution < -0.4 is 11.5 Å². The van der Waals surface area contributed by atoms with Crippen LogP contribution in [0.5, 0.6) is 0 Å². The number of allylic oxidation sites excluding steroid dienone is 3. The maximum atomic E-state index is 14.0. The minimum Gasteiger partial charge on any atom is -0.390 e. The van der Waals surface area contributed by atoms with Crippen LogP contribution in [-0.2, 0) is 0 Å². The topological polar surface area (TPSA) is 79.1 Å². The average Bonchev–Trinajstić information content (AvgIpc) is 2.34. The van der Waals surface area contributed by atoms with E-state index < -0.39 is 6.17 Å². The lowest BCUT2D eigenvalue weighted by atomic mass is 9.85. The molecule has 5 heteroatoms. The molecule has 0 aromatic rings. The molecule has 18 heavy (non-hydrogen) atoms. The van der Waals surface area contributed by atoms with Crippen molar-refractivity contribution in [2.75, 3.05) is 13.1 Å². The van der Waals surface area contributed by atoms with Gasteiger partial charge in [0.1, 0.15) is 17.9 Å². The maximum absolute atomic E-state index is 14.0. The summed E-state index contributed by atoms with van der Waals surface area (Å²) in [6.07, 6.45) is 2.94. The van der Waals surface area contributed by atoms with Crippen LogP contribution in [-0.4, -0.2) is 24.2 Å². The Morgan fingerprint density at radius 2 is 2.11 bits per heavy atom. The van der Waals surface area contributed by atoms with Crippen molar-refractivity contribution in [1.82, 2.24) is 4.90 Å². The first-order valence-electron chi connectivity index (χ1n) is 6.17. The zero-order valence-electron chi connectivity index (χ0n) is 10.9. The summed E-state index contributed by atoms with van der Waals surface area (Å²) in [5, 5.41) is 8.51. The smallest absolute Gasteiger partial charge is 0.121 e. The average molecular weight is 252 g/mol. The summed E-state index contributed by atoms with van der Waals surface area (Å²) in [4.78, 5) is 1.80. The van der Waals surface area contributed by atoms with Gasteiger partial charge in [0.05, 0.1) is 12.4 Å². The fourth-order valence-electron chi connectivity index (χ4n) is 2.23. The quantitative estimate of drug-likeness (QED) is 0.589. The molecule has 0 bridgehead atoms. The first-order chi connectivity index (χ1) is 8.45. The molecule has 0 radical (unpaired) electrons. The molecular weight excluding hydrogens is 231 g/mol. The van der Waals surface area contributed by atoms with E-state index in [2.05, 4.69) is 0 Å². The second-order valence-corrected chi connectivity index (χ2v) is 4.98. The molecule has 4 N–H and O–H groups in total. The molecule has 0 saturated carbocycles. The number of nitrogens with zero attached hydrogens (tertiary/aromatic N) is 2. The summed E-state index contributed by atoms with van der Waals surface area (Å²) in [7, 11) is 0. The highest BCUT2D eigenvalue weighted by Crippen LogP contribution is 2.28. The molecule has 1 saturated heterocycles. The Labute approximate surface area is 108 Å². The van der Waals surface area contributed by atoms with Gasteiger partial charge in [-0.05, 0) is 30.4 Å². The third kappa shape index (κ3) is 3.66. The van der Waals surface area contributed by atoms with Crippen LogP contribution in [0.4, 0.5) is 4.39 Å². The standard InChI is InChI=1S/C13H21FN4/c1-9(2)11-5-6-18(8-12(11)14)13(17)4-3-10(16)7-15/h3-4,9,11-12H,5-6,8,16-17H2,1-2H3/b10-3-,13-4+/t11-,12-/m0/s1. The molecule has 4 nitrogen and oxygen atoms in total. The zero-order chi connectivity index (χ0) is 13.7. The van der Waals surface area contributed by atoms with Gasteiger partial charge < -0.3 is 16.4 Å². The SMILES string of the molecule is CC(C)[C@@H]1CCN(/C(N)=C/C=C(\N)C#N)C[C@@H]1F. The van der Waals surface area contributed by atoms with Crippen molar-refractivity contribution in [1.29, 1.82) is 5.26 Å². The zero-order valence-corrected chi connectivity index (χ0v) is 10.9. The highest BCUT2D eigenvalue weighted by Gasteiger charge is 2.31. The second-order valence-electron chi connectivity index (χ2n) is 4.98. The van der Waals surface area contributed by atoms with Gasteiger partial charge in [0.25, 0.3) is 0 Å². The summed E-state index contributed by atoms with van der Waals surface area (Å²) in [5.74, 6) is 0.910. The first-order valence-corrected chi connectivity index (χ1v) is 6.17. The highest BCUT2D eigenvalue weighted by molar-refractivity contribution is 5.23. The van der Waals surface area contributed by atoms with Gasteiger partial charge in [-0.1, -0.05) is 13.8 Å². The van der Waals surface area contributed by atoms with Crippen LogP contribution in [0, 0.1) is 23.2 Å². The Morgan fingerprint density at radius 3 is 2.61 bits per heavy atom. The van der Waals surface area contributed by atoms with Gasteiger partial charge in [-0.15, -0.1) is 0 Å². The lowest BCUT2D eigenvalue weighted by Gasteiger charge is -2.37. The molecule has 2 atom stereocenters. The summed E-state index contributed by atoms with van der Waals surface area (Å²) >= 11 is 0. The fraction of sp³-hybridized carbons (Fsp3) is 0.615. The van der Waals surface area contributed by atoms with Crippen molar-refractivity contribution in [2.24, 2.45) is 23.3 Å². The number of likely N-dealkylation sites (tertiary alicyclic amines) is 1. The van der Waals surface area contributed by atoms with Gasteiger partial charge in [0.2, 0.25) is 0 Å². The van der Waals surface area contributed by atoms with E-state index in [0.717, 1.165) is 13.0 Å². The maximum Gasteiger partial charge on any atom is 0.121 e. The van der Waals surface area contributed by atoms with E-state index in [4.69, 9.17) is 16.7 Å². The second kappa shape index (κ2) is 6.29. The number of hydrogen-bond acceptors (Lipinski definition) is 4. The molecule has 1 fully saturated rings. The number of nitriles is 1. The fourth-order valence-corrected chi connectivity index (χ4v) is 2.23. The summed E-state index contributed by atoms with van der Waals surface area (Å²) in [5.41, 5.74) is 11.3. The van der Waals surface area contributed by atoms with Gasteiger partial charge in [0, 0.05) is 6.54 Å². The first kappa shape index (κ1) is 14.4. The molecule has 0 aromatic heterocycles. The van der Waals surface area contributed by atoms with E-state index in [9.17, 15) is 4.39 Å². The Kier molecular flexibility index (Phi) is 5.02. The molecule has 1 heterocycles. The van der Waals surface area contributed by atoms with E-state index in [1.807, 2.05) is 13.8 Å². The van der Waals surface area contributed by atoms with Crippen molar-refractivity contribution in [3.05, 3.63) is 23.7 Å². The number of rotatable bonds is 3. The van der Waals surface area contributed by atoms with Gasteiger partial charge >= 0.3 is 0 Å². The minimum atomic E-state index is -0.858. The number of hydrogen-bond donors (Lipinski definition) is 2. The van der Waals surface area contributed by atoms with Crippen molar-refractivity contribution >= 4 is 0 Å². The van der Waals surface area contributed by atoms with E-state index in [0.29, 0.717) is 18.3 Å². The van der Waals surface area contributed by atoms with Crippen molar-refractivity contribution in [3.8, 4) is 6.07 Å². The molecule has 0 amide bonds. The molecule has 0 aliphatic carbocycles. The Bertz CT molecular complexity index is 381. The van der Waals surface area contributed by atoms with Crippen molar-refractivity contribution in [2.45, 2.75) is 26.4 Å². The largest absolute Gasteiger partial charge is 0.390 e. The summed E-state index contributed by atoms with van der Waals surface area (Å²) in [6, 6.07) is 1.80. The van der Waals surface area contributed by atoms with Crippen LogP contribution in [0.3, 0.4) is 0 Å². The lowest BCUT2D eigenvalue weighted by molar-refractivity contribution is 0.0787. The molecule has 0 aromatic carbocycles. The third-order valence-electron chi connectivity index (χ3n) is 3.38. The van der Waals surface area contributed by atoms with Crippen LogP contribution in [0.1, 0.15) is 20.3 Å². The van der Waals surface area contributed by atoms with Crippen LogP contribution in [0.25, 0.3) is 0 Å². The van der Waals surface area contributed by atoms with Gasteiger partial charge in [0.15, 0.2) is 0 Å². The number of alkyl halides is 1.